The number of ether oxygens (including phenoxy) is 2. The molecule has 2 aliphatic heterocycles. The van der Waals surface area contributed by atoms with Crippen LogP contribution in [-0.2, 0) is 13.1 Å². The smallest absolute Gasteiger partial charge is 0.250 e. The Morgan fingerprint density at radius 1 is 1.19 bits per heavy atom. The van der Waals surface area contributed by atoms with Gasteiger partial charge in [-0.05, 0) is 37.6 Å². The topological polar surface area (TPSA) is 44.9 Å². The van der Waals surface area contributed by atoms with Gasteiger partial charge >= 0.3 is 0 Å². The first-order chi connectivity index (χ1) is 12.7. The fourth-order valence-electron chi connectivity index (χ4n) is 4.65. The lowest BCUT2D eigenvalue weighted by Crippen LogP contribution is -3.13. The molecule has 26 heavy (non-hydrogen) atoms. The molecule has 0 spiro atoms. The quantitative estimate of drug-likeness (QED) is 0.883. The first-order valence-electron chi connectivity index (χ1n) is 9.51. The summed E-state index contributed by atoms with van der Waals surface area (Å²) in [7, 11) is 1.67. The molecular formula is C21H27N2O3+. The largest absolute Gasteiger partial charge is 0.493 e. The standard InChI is InChI=1S/C21H26N2O3/c1-3-26-20-10-15(7-8-19(20)25-2)11-22-12-16-9-17(14-22)18-5-4-6-21(24)23(18)13-16/h4-8,10,16-17H,3,9,11-14H2,1-2H3/p+1/t16-,17+/m1/s1. The molecule has 1 saturated heterocycles. The van der Waals surface area contributed by atoms with Gasteiger partial charge in [0.15, 0.2) is 11.5 Å². The minimum atomic E-state index is 0.150. The van der Waals surface area contributed by atoms with Crippen molar-refractivity contribution in [3.05, 3.63) is 58.0 Å². The van der Waals surface area contributed by atoms with Crippen LogP contribution in [0.1, 0.15) is 30.5 Å². The molecule has 1 unspecified atom stereocenters. The number of hydrogen-bond donors (Lipinski definition) is 1. The molecule has 2 aromatic rings. The van der Waals surface area contributed by atoms with Gasteiger partial charge in [-0.3, -0.25) is 4.79 Å². The van der Waals surface area contributed by atoms with Crippen molar-refractivity contribution < 1.29 is 14.4 Å². The molecule has 0 radical (unpaired) electrons. The molecule has 1 N–H and O–H groups in total. The number of fused-ring (bicyclic) bond motifs is 4. The highest BCUT2D eigenvalue weighted by atomic mass is 16.5. The van der Waals surface area contributed by atoms with Gasteiger partial charge in [-0.1, -0.05) is 6.07 Å². The van der Waals surface area contributed by atoms with Crippen molar-refractivity contribution in [1.82, 2.24) is 4.57 Å². The van der Waals surface area contributed by atoms with Crippen molar-refractivity contribution in [2.45, 2.75) is 32.4 Å². The Balaban J connectivity index is 1.53. The predicted molar refractivity (Wildman–Crippen MR) is 100 cm³/mol. The molecule has 5 nitrogen and oxygen atoms in total. The van der Waals surface area contributed by atoms with Gasteiger partial charge in [-0.15, -0.1) is 0 Å². The minimum absolute atomic E-state index is 0.150. The summed E-state index contributed by atoms with van der Waals surface area (Å²) in [6.07, 6.45) is 1.21. The molecule has 138 valence electrons. The van der Waals surface area contributed by atoms with Crippen molar-refractivity contribution in [3.63, 3.8) is 0 Å². The maximum Gasteiger partial charge on any atom is 0.250 e. The summed E-state index contributed by atoms with van der Waals surface area (Å²) in [4.78, 5) is 13.7. The SMILES string of the molecule is CCOc1cc(C[NH+]2C[C@H]3C[C@@H](C2)c2cccc(=O)n2C3)ccc1OC. The Hall–Kier alpha value is -2.27. The molecule has 1 aromatic heterocycles. The number of quaternary nitrogens is 1. The van der Waals surface area contributed by atoms with Crippen LogP contribution in [-0.4, -0.2) is 31.4 Å². The van der Waals surface area contributed by atoms with E-state index in [4.69, 9.17) is 9.47 Å². The molecule has 1 aromatic carbocycles. The van der Waals surface area contributed by atoms with Crippen LogP contribution in [0.4, 0.5) is 0 Å². The van der Waals surface area contributed by atoms with E-state index in [1.807, 2.05) is 23.6 Å². The van der Waals surface area contributed by atoms with Gasteiger partial charge in [0, 0.05) is 35.7 Å². The molecule has 0 saturated carbocycles. The van der Waals surface area contributed by atoms with Crippen LogP contribution in [0.25, 0.3) is 0 Å². The van der Waals surface area contributed by atoms with Crippen molar-refractivity contribution in [1.29, 1.82) is 0 Å². The number of nitrogens with one attached hydrogen (secondary N) is 1. The van der Waals surface area contributed by atoms with Gasteiger partial charge in [-0.2, -0.15) is 0 Å². The second-order valence-electron chi connectivity index (χ2n) is 7.45. The highest BCUT2D eigenvalue weighted by Gasteiger charge is 2.37. The number of aromatic nitrogens is 1. The third-order valence-corrected chi connectivity index (χ3v) is 5.65. The van der Waals surface area contributed by atoms with Crippen molar-refractivity contribution >= 4 is 0 Å². The van der Waals surface area contributed by atoms with Gasteiger partial charge in [-0.25, -0.2) is 0 Å². The summed E-state index contributed by atoms with van der Waals surface area (Å²) in [6.45, 7) is 6.66. The van der Waals surface area contributed by atoms with Crippen LogP contribution in [0.15, 0.2) is 41.2 Å². The van der Waals surface area contributed by atoms with E-state index in [1.165, 1.54) is 17.7 Å². The summed E-state index contributed by atoms with van der Waals surface area (Å²) in [5.41, 5.74) is 2.64. The Morgan fingerprint density at radius 2 is 2.08 bits per heavy atom. The van der Waals surface area contributed by atoms with Crippen LogP contribution in [0.3, 0.4) is 0 Å². The van der Waals surface area contributed by atoms with E-state index >= 15 is 0 Å². The maximum atomic E-state index is 12.2. The molecule has 2 bridgehead atoms. The van der Waals surface area contributed by atoms with E-state index in [0.717, 1.165) is 37.7 Å². The fourth-order valence-corrected chi connectivity index (χ4v) is 4.65. The highest BCUT2D eigenvalue weighted by Crippen LogP contribution is 2.31. The molecule has 2 aliphatic rings. The van der Waals surface area contributed by atoms with Crippen LogP contribution in [0.2, 0.25) is 0 Å². The number of piperidine rings is 1. The zero-order valence-corrected chi connectivity index (χ0v) is 15.5. The van der Waals surface area contributed by atoms with Gasteiger partial charge < -0.3 is 18.9 Å². The number of benzene rings is 1. The lowest BCUT2D eigenvalue weighted by atomic mass is 9.83. The van der Waals surface area contributed by atoms with Gasteiger partial charge in [0.1, 0.15) is 6.54 Å². The van der Waals surface area contributed by atoms with Gasteiger partial charge in [0.25, 0.3) is 5.56 Å². The summed E-state index contributed by atoms with van der Waals surface area (Å²) in [5, 5.41) is 0. The predicted octanol–water partition coefficient (Wildman–Crippen LogP) is 1.46. The highest BCUT2D eigenvalue weighted by molar-refractivity contribution is 5.42. The first-order valence-corrected chi connectivity index (χ1v) is 9.51. The number of likely N-dealkylation sites (tertiary alicyclic amines) is 1. The maximum absolute atomic E-state index is 12.2. The first kappa shape index (κ1) is 17.2. The molecule has 5 heteroatoms. The molecule has 4 rings (SSSR count). The third kappa shape index (κ3) is 3.23. The molecule has 1 fully saturated rings. The minimum Gasteiger partial charge on any atom is -0.493 e. The Kier molecular flexibility index (Phi) is 4.72. The van der Waals surface area contributed by atoms with Crippen molar-refractivity contribution in [3.8, 4) is 11.5 Å². The summed E-state index contributed by atoms with van der Waals surface area (Å²) in [6, 6.07) is 12.0. The zero-order valence-electron chi connectivity index (χ0n) is 15.5. The number of hydrogen-bond acceptors (Lipinski definition) is 3. The molecule has 3 atom stereocenters. The van der Waals surface area contributed by atoms with Gasteiger partial charge in [0.05, 0.1) is 26.8 Å². The Morgan fingerprint density at radius 3 is 2.88 bits per heavy atom. The lowest BCUT2D eigenvalue weighted by molar-refractivity contribution is -0.924. The van der Waals surface area contributed by atoms with E-state index in [0.29, 0.717) is 18.4 Å². The summed E-state index contributed by atoms with van der Waals surface area (Å²) in [5.74, 6) is 2.67. The van der Waals surface area contributed by atoms with Crippen molar-refractivity contribution in [2.75, 3.05) is 26.8 Å². The van der Waals surface area contributed by atoms with Crippen LogP contribution in [0.5, 0.6) is 11.5 Å². The monoisotopic (exact) mass is 355 g/mol. The van der Waals surface area contributed by atoms with Crippen LogP contribution in [0, 0.1) is 5.92 Å². The Labute approximate surface area is 154 Å². The number of nitrogens with zero attached hydrogens (tertiary/aromatic N) is 1. The lowest BCUT2D eigenvalue weighted by Gasteiger charge is -2.40. The van der Waals surface area contributed by atoms with Crippen LogP contribution >= 0.6 is 0 Å². The number of rotatable bonds is 5. The average molecular weight is 355 g/mol. The fraction of sp³-hybridized carbons (Fsp3) is 0.476. The summed E-state index contributed by atoms with van der Waals surface area (Å²) >= 11 is 0. The Bertz CT molecular complexity index is 845. The van der Waals surface area contributed by atoms with E-state index in [2.05, 4.69) is 18.2 Å². The third-order valence-electron chi connectivity index (χ3n) is 5.65. The molecule has 3 heterocycles. The normalized spacial score (nSPS) is 24.0. The second kappa shape index (κ2) is 7.16. The van der Waals surface area contributed by atoms with E-state index in [1.54, 1.807) is 18.1 Å². The van der Waals surface area contributed by atoms with E-state index in [-0.39, 0.29) is 5.56 Å². The molecule has 0 amide bonds. The van der Waals surface area contributed by atoms with Crippen molar-refractivity contribution in [2.24, 2.45) is 5.92 Å². The van der Waals surface area contributed by atoms with Gasteiger partial charge in [0.2, 0.25) is 0 Å². The number of methoxy groups -OCH3 is 1. The summed E-state index contributed by atoms with van der Waals surface area (Å²) < 4.78 is 13.1. The average Bonchev–Trinajstić information content (AvgIpc) is 2.63. The number of pyridine rings is 1. The van der Waals surface area contributed by atoms with Crippen LogP contribution < -0.4 is 19.9 Å². The molecular weight excluding hydrogens is 328 g/mol. The molecule has 0 aliphatic carbocycles. The van der Waals surface area contributed by atoms with E-state index in [9.17, 15) is 4.79 Å². The second-order valence-corrected chi connectivity index (χ2v) is 7.45. The zero-order chi connectivity index (χ0) is 18.1. The van der Waals surface area contributed by atoms with E-state index < -0.39 is 0 Å².